The van der Waals surface area contributed by atoms with Gasteiger partial charge in [-0.15, -0.1) is 0 Å². The summed E-state index contributed by atoms with van der Waals surface area (Å²) in [6.45, 7) is 10.7. The van der Waals surface area contributed by atoms with Gasteiger partial charge in [-0.05, 0) is 72.3 Å². The highest BCUT2D eigenvalue weighted by Gasteiger charge is 2.39. The third-order valence-corrected chi connectivity index (χ3v) is 7.91. The first-order valence-electron chi connectivity index (χ1n) is 16.0. The van der Waals surface area contributed by atoms with Gasteiger partial charge in [-0.2, -0.15) is 0 Å². The topological polar surface area (TPSA) is 162 Å². The number of hydrogen-bond donors (Lipinski definition) is 3. The number of non-ortho nitro benzene ring substituents is 1. The van der Waals surface area contributed by atoms with Crippen molar-refractivity contribution >= 4 is 17.6 Å². The summed E-state index contributed by atoms with van der Waals surface area (Å²) in [7, 11) is 3.47. The molecule has 0 aromatic heterocycles. The van der Waals surface area contributed by atoms with Crippen LogP contribution in [0.25, 0.3) is 0 Å². The number of methoxy groups -OCH3 is 1. The zero-order chi connectivity index (χ0) is 35.4. The second-order valence-electron chi connectivity index (χ2n) is 12.2. The number of carbonyl (C=O) groups is 2. The van der Waals surface area contributed by atoms with Crippen molar-refractivity contribution < 1.29 is 38.6 Å². The molecule has 2 atom stereocenters. The van der Waals surface area contributed by atoms with Crippen LogP contribution in [-0.4, -0.2) is 92.1 Å². The molecular weight excluding hydrogens is 620 g/mol. The molecule has 3 N–H and O–H groups in total. The molecule has 262 valence electrons. The summed E-state index contributed by atoms with van der Waals surface area (Å²) < 4.78 is 21.9. The molecule has 48 heavy (non-hydrogen) atoms. The van der Waals surface area contributed by atoms with Crippen molar-refractivity contribution in [3.63, 3.8) is 0 Å². The Bertz CT molecular complexity index is 1500. The van der Waals surface area contributed by atoms with E-state index in [9.17, 15) is 24.8 Å². The number of para-hydroxylation sites is 2. The third-order valence-electron chi connectivity index (χ3n) is 7.91. The molecule has 0 fully saturated rings. The van der Waals surface area contributed by atoms with Gasteiger partial charge in [0.25, 0.3) is 5.69 Å². The number of aliphatic hydroxyl groups is 1. The lowest BCUT2D eigenvalue weighted by Gasteiger charge is -2.34. The number of nitrogens with zero attached hydrogens (tertiary/aromatic N) is 2. The largest absolute Gasteiger partial charge is 0.493 e. The fourth-order valence-corrected chi connectivity index (χ4v) is 5.39. The molecule has 1 aliphatic heterocycles. The minimum absolute atomic E-state index is 0.0895. The molecular formula is C35H48N4O9. The van der Waals surface area contributed by atoms with Crippen molar-refractivity contribution in [3.05, 3.63) is 86.7 Å². The molecule has 13 nitrogen and oxygen atoms in total. The number of likely N-dealkylation sites (N-methyl/N-ethyl adjacent to an activating group) is 1. The average molecular weight is 669 g/mol. The lowest BCUT2D eigenvalue weighted by Crippen LogP contribution is -2.46. The van der Waals surface area contributed by atoms with Gasteiger partial charge in [0, 0.05) is 42.2 Å². The summed E-state index contributed by atoms with van der Waals surface area (Å²) in [6, 6.07) is 13.2. The highest BCUT2D eigenvalue weighted by Crippen LogP contribution is 2.40. The Morgan fingerprint density at radius 1 is 1.06 bits per heavy atom. The number of rotatable bonds is 18. The molecule has 2 aromatic rings. The third kappa shape index (κ3) is 10.3. The summed E-state index contributed by atoms with van der Waals surface area (Å²) in [5.41, 5.74) is 1.24. The molecule has 2 unspecified atom stereocenters. The maximum atomic E-state index is 13.6. The highest BCUT2D eigenvalue weighted by molar-refractivity contribution is 6.00. The first kappa shape index (κ1) is 38.0. The molecule has 1 aliphatic rings. The van der Waals surface area contributed by atoms with Crippen molar-refractivity contribution in [1.82, 2.24) is 15.5 Å². The van der Waals surface area contributed by atoms with Gasteiger partial charge >= 0.3 is 11.9 Å². The number of esters is 2. The van der Waals surface area contributed by atoms with Gasteiger partial charge in [-0.25, -0.2) is 9.59 Å². The number of hydrogen-bond acceptors (Lipinski definition) is 12. The summed E-state index contributed by atoms with van der Waals surface area (Å²) in [4.78, 5) is 40.0. The summed E-state index contributed by atoms with van der Waals surface area (Å²) in [5.74, 6) is -1.07. The van der Waals surface area contributed by atoms with E-state index < -0.39 is 28.9 Å². The van der Waals surface area contributed by atoms with Gasteiger partial charge in [-0.3, -0.25) is 10.1 Å². The number of carbonyl (C=O) groups excluding carboxylic acids is 2. The standard InChI is InChI=1S/C35H48N4O9/c1-8-46-33(41)30-23(3)37-27(32(34(42)47-9-2)31(30)24-13-12-14-25(19-24)39(43)44)21-38(6)18-17-35(4,5)36-20-26(40)22-48-29-16-11-10-15-28(29)45-7/h10-16,19,26,31,36-37,40H,8-9,17-18,20-22H2,1-7H3. The van der Waals surface area contributed by atoms with Crippen LogP contribution in [0, 0.1) is 10.1 Å². The predicted octanol–water partition coefficient (Wildman–Crippen LogP) is 4.07. The highest BCUT2D eigenvalue weighted by atomic mass is 16.6. The van der Waals surface area contributed by atoms with Crippen LogP contribution < -0.4 is 20.1 Å². The van der Waals surface area contributed by atoms with Crippen LogP contribution in [0.4, 0.5) is 5.69 Å². The average Bonchev–Trinajstić information content (AvgIpc) is 3.05. The molecule has 2 aromatic carbocycles. The van der Waals surface area contributed by atoms with E-state index in [-0.39, 0.29) is 42.2 Å². The first-order chi connectivity index (χ1) is 22.8. The number of dihydropyridines is 1. The number of nitro benzene ring substituents is 1. The van der Waals surface area contributed by atoms with E-state index in [1.807, 2.05) is 37.9 Å². The SMILES string of the molecule is CCOC(=O)C1=C(C)NC(CN(C)CCC(C)(C)NCC(O)COc2ccccc2OC)=C(C(=O)OCC)C1c1cccc([N+](=O)[O-])c1. The zero-order valence-corrected chi connectivity index (χ0v) is 28.8. The van der Waals surface area contributed by atoms with E-state index >= 15 is 0 Å². The van der Waals surface area contributed by atoms with E-state index in [0.29, 0.717) is 54.5 Å². The minimum Gasteiger partial charge on any atom is -0.493 e. The van der Waals surface area contributed by atoms with E-state index in [2.05, 4.69) is 10.6 Å². The Labute approximate surface area is 282 Å². The fraction of sp³-hybridized carbons (Fsp3) is 0.486. The van der Waals surface area contributed by atoms with Crippen LogP contribution in [-0.2, 0) is 19.1 Å². The number of aliphatic hydroxyl groups excluding tert-OH is 1. The maximum absolute atomic E-state index is 13.6. The smallest absolute Gasteiger partial charge is 0.336 e. The Morgan fingerprint density at radius 2 is 1.71 bits per heavy atom. The van der Waals surface area contributed by atoms with Crippen LogP contribution >= 0.6 is 0 Å². The van der Waals surface area contributed by atoms with Crippen LogP contribution in [0.1, 0.15) is 52.5 Å². The minimum atomic E-state index is -0.953. The van der Waals surface area contributed by atoms with Crippen LogP contribution in [0.3, 0.4) is 0 Å². The number of ether oxygens (including phenoxy) is 4. The lowest BCUT2D eigenvalue weighted by molar-refractivity contribution is -0.384. The monoisotopic (exact) mass is 668 g/mol. The Hall–Kier alpha value is -4.46. The van der Waals surface area contributed by atoms with Crippen LogP contribution in [0.15, 0.2) is 71.1 Å². The van der Waals surface area contributed by atoms with Crippen LogP contribution in [0.5, 0.6) is 11.5 Å². The molecule has 0 aliphatic carbocycles. The quantitative estimate of drug-likeness (QED) is 0.119. The van der Waals surface area contributed by atoms with Gasteiger partial charge in [0.2, 0.25) is 0 Å². The molecule has 0 bridgehead atoms. The normalized spacial score (nSPS) is 15.6. The maximum Gasteiger partial charge on any atom is 0.336 e. The molecule has 0 radical (unpaired) electrons. The summed E-state index contributed by atoms with van der Waals surface area (Å²) in [5, 5.41) is 28.9. The van der Waals surface area contributed by atoms with Crippen molar-refractivity contribution in [2.24, 2.45) is 0 Å². The van der Waals surface area contributed by atoms with E-state index in [1.54, 1.807) is 46.1 Å². The van der Waals surface area contributed by atoms with E-state index in [0.717, 1.165) is 0 Å². The van der Waals surface area contributed by atoms with Crippen LogP contribution in [0.2, 0.25) is 0 Å². The molecule has 13 heteroatoms. The fourth-order valence-electron chi connectivity index (χ4n) is 5.39. The predicted molar refractivity (Wildman–Crippen MR) is 181 cm³/mol. The first-order valence-corrected chi connectivity index (χ1v) is 16.0. The number of nitrogens with one attached hydrogen (secondary N) is 2. The Balaban J connectivity index is 1.78. The molecule has 0 spiro atoms. The molecule has 1 heterocycles. The van der Waals surface area contributed by atoms with E-state index in [1.165, 1.54) is 18.2 Å². The number of β-amino-alcohol motifs (C(OH)–C–C–N with tert-alkyl or cyclic N) is 1. The zero-order valence-electron chi connectivity index (χ0n) is 28.8. The number of benzene rings is 2. The molecule has 0 amide bonds. The van der Waals surface area contributed by atoms with E-state index in [4.69, 9.17) is 18.9 Å². The second kappa shape index (κ2) is 17.6. The van der Waals surface area contributed by atoms with Crippen molar-refractivity contribution in [3.8, 4) is 11.5 Å². The molecule has 0 saturated heterocycles. The molecule has 3 rings (SSSR count). The van der Waals surface area contributed by atoms with Gasteiger partial charge in [0.15, 0.2) is 11.5 Å². The second-order valence-corrected chi connectivity index (χ2v) is 12.2. The number of allylic oxidation sites excluding steroid dienone is 1. The Kier molecular flexibility index (Phi) is 13.9. The van der Waals surface area contributed by atoms with Gasteiger partial charge < -0.3 is 39.6 Å². The van der Waals surface area contributed by atoms with Gasteiger partial charge in [-0.1, -0.05) is 24.3 Å². The van der Waals surface area contributed by atoms with Gasteiger partial charge in [0.1, 0.15) is 12.7 Å². The van der Waals surface area contributed by atoms with Crippen molar-refractivity contribution in [2.75, 3.05) is 53.6 Å². The summed E-state index contributed by atoms with van der Waals surface area (Å²) in [6.07, 6.45) is -0.0761. The molecule has 0 saturated carbocycles. The van der Waals surface area contributed by atoms with Gasteiger partial charge in [0.05, 0.1) is 42.3 Å². The van der Waals surface area contributed by atoms with Crippen molar-refractivity contribution in [2.45, 2.75) is 58.6 Å². The number of nitro groups is 1. The Morgan fingerprint density at radius 3 is 2.33 bits per heavy atom. The lowest BCUT2D eigenvalue weighted by atomic mass is 9.80. The van der Waals surface area contributed by atoms with Crippen molar-refractivity contribution in [1.29, 1.82) is 0 Å². The summed E-state index contributed by atoms with van der Waals surface area (Å²) >= 11 is 0.